The number of aromatic nitrogens is 1. The highest BCUT2D eigenvalue weighted by atomic mass is 19.4. The lowest BCUT2D eigenvalue weighted by Crippen LogP contribution is -2.22. The van der Waals surface area contributed by atoms with Crippen LogP contribution in [0.5, 0.6) is 11.5 Å². The van der Waals surface area contributed by atoms with Crippen molar-refractivity contribution in [3.63, 3.8) is 0 Å². The van der Waals surface area contributed by atoms with Gasteiger partial charge in [0.25, 0.3) is 5.91 Å². The van der Waals surface area contributed by atoms with Gasteiger partial charge in [-0.1, -0.05) is 24.3 Å². The Morgan fingerprint density at radius 1 is 1.06 bits per heavy atom. The summed E-state index contributed by atoms with van der Waals surface area (Å²) >= 11 is 0. The average molecular weight is 469 g/mol. The van der Waals surface area contributed by atoms with Crippen LogP contribution in [0.25, 0.3) is 11.0 Å². The lowest BCUT2D eigenvalue weighted by atomic mass is 10.1. The largest absolute Gasteiger partial charge is 0.573 e. The number of pyridine rings is 1. The van der Waals surface area contributed by atoms with Crippen LogP contribution in [0.4, 0.5) is 24.7 Å². The van der Waals surface area contributed by atoms with Crippen LogP contribution in [0, 0.1) is 6.92 Å². The normalized spacial score (nSPS) is 12.0. The molecular weight excluding hydrogens is 451 g/mol. The Morgan fingerprint density at radius 2 is 1.82 bits per heavy atom. The van der Waals surface area contributed by atoms with E-state index in [2.05, 4.69) is 20.0 Å². The molecule has 0 saturated carbocycles. The lowest BCUT2D eigenvalue weighted by Gasteiger charge is -2.10. The van der Waals surface area contributed by atoms with Gasteiger partial charge in [-0.3, -0.25) is 4.79 Å². The molecular formula is C24H18F3N3O4. The molecule has 1 amide bonds. The van der Waals surface area contributed by atoms with Crippen molar-refractivity contribution in [2.24, 2.45) is 4.99 Å². The monoisotopic (exact) mass is 469 g/mol. The molecule has 7 nitrogen and oxygen atoms in total. The van der Waals surface area contributed by atoms with Crippen molar-refractivity contribution < 1.29 is 31.9 Å². The summed E-state index contributed by atoms with van der Waals surface area (Å²) in [6.45, 7) is 1.78. The van der Waals surface area contributed by atoms with Gasteiger partial charge in [0.05, 0.1) is 12.8 Å². The molecule has 0 unspecified atom stereocenters. The quantitative estimate of drug-likeness (QED) is 0.416. The second-order valence-electron chi connectivity index (χ2n) is 7.12. The number of fused-ring (bicyclic) bond motifs is 1. The van der Waals surface area contributed by atoms with Crippen molar-refractivity contribution in [2.75, 3.05) is 12.4 Å². The molecule has 1 N–H and O–H groups in total. The van der Waals surface area contributed by atoms with Gasteiger partial charge in [0.2, 0.25) is 5.55 Å². The zero-order chi connectivity index (χ0) is 24.3. The van der Waals surface area contributed by atoms with E-state index in [1.54, 1.807) is 49.4 Å². The molecule has 0 spiro atoms. The van der Waals surface area contributed by atoms with Gasteiger partial charge in [0, 0.05) is 17.1 Å². The second-order valence-corrected chi connectivity index (χ2v) is 7.12. The number of ether oxygens (including phenoxy) is 2. The van der Waals surface area contributed by atoms with Gasteiger partial charge >= 0.3 is 6.36 Å². The highest BCUT2D eigenvalue weighted by molar-refractivity contribution is 6.05. The molecule has 10 heteroatoms. The van der Waals surface area contributed by atoms with Gasteiger partial charge in [-0.15, -0.1) is 13.2 Å². The summed E-state index contributed by atoms with van der Waals surface area (Å²) in [6.07, 6.45) is -4.86. The Labute approximate surface area is 191 Å². The maximum absolute atomic E-state index is 13.1. The molecule has 0 aliphatic heterocycles. The number of nitrogens with zero attached hydrogens (tertiary/aromatic N) is 2. The number of hydrogen-bond donors (Lipinski definition) is 1. The number of alkyl halides is 3. The molecule has 4 aromatic rings. The smallest absolute Gasteiger partial charge is 0.493 e. The number of carbonyl (C=O) groups is 1. The highest BCUT2D eigenvalue weighted by Gasteiger charge is 2.31. The summed E-state index contributed by atoms with van der Waals surface area (Å²) in [7, 11) is 1.46. The average Bonchev–Trinajstić information content (AvgIpc) is 2.77. The predicted octanol–water partition coefficient (Wildman–Crippen LogP) is 5.53. The first kappa shape index (κ1) is 22.8. The molecule has 2 aromatic heterocycles. The first-order valence-corrected chi connectivity index (χ1v) is 9.98. The van der Waals surface area contributed by atoms with E-state index in [1.165, 1.54) is 19.2 Å². The van der Waals surface area contributed by atoms with Gasteiger partial charge < -0.3 is 19.2 Å². The van der Waals surface area contributed by atoms with E-state index in [1.807, 2.05) is 0 Å². The molecule has 0 aliphatic carbocycles. The van der Waals surface area contributed by atoms with E-state index in [9.17, 15) is 18.0 Å². The van der Waals surface area contributed by atoms with Crippen LogP contribution in [0.2, 0.25) is 0 Å². The third kappa shape index (κ3) is 5.34. The van der Waals surface area contributed by atoms with Gasteiger partial charge in [-0.25, -0.2) is 9.98 Å². The van der Waals surface area contributed by atoms with Crippen LogP contribution in [-0.2, 0) is 0 Å². The minimum Gasteiger partial charge on any atom is -0.493 e. The van der Waals surface area contributed by atoms with Crippen molar-refractivity contribution in [3.8, 4) is 11.5 Å². The maximum atomic E-state index is 13.1. The Kier molecular flexibility index (Phi) is 6.22. The first-order valence-electron chi connectivity index (χ1n) is 9.98. The second kappa shape index (κ2) is 9.26. The maximum Gasteiger partial charge on any atom is 0.573 e. The van der Waals surface area contributed by atoms with E-state index in [0.29, 0.717) is 28.2 Å². The van der Waals surface area contributed by atoms with Crippen LogP contribution in [-0.4, -0.2) is 24.4 Å². The van der Waals surface area contributed by atoms with Gasteiger partial charge in [-0.2, -0.15) is 0 Å². The fraction of sp³-hybridized carbons (Fsp3) is 0.125. The molecule has 2 aromatic carbocycles. The number of benzene rings is 2. The Hall–Kier alpha value is -4.34. The van der Waals surface area contributed by atoms with Crippen LogP contribution >= 0.6 is 0 Å². The molecule has 0 aliphatic rings. The lowest BCUT2D eigenvalue weighted by molar-refractivity contribution is -0.274. The van der Waals surface area contributed by atoms with Crippen molar-refractivity contribution in [1.29, 1.82) is 0 Å². The number of methoxy groups -OCH3 is 1. The number of halogens is 3. The summed E-state index contributed by atoms with van der Waals surface area (Å²) in [5.74, 6) is -0.298. The minimum atomic E-state index is -4.86. The molecule has 34 heavy (non-hydrogen) atoms. The number of amides is 1. The number of aryl methyl sites for hydroxylation is 1. The fourth-order valence-electron chi connectivity index (χ4n) is 3.19. The number of nitrogens with one attached hydrogen (secondary N) is 1. The van der Waals surface area contributed by atoms with Gasteiger partial charge in [-0.05, 0) is 43.3 Å². The third-order valence-corrected chi connectivity index (χ3v) is 4.61. The van der Waals surface area contributed by atoms with Crippen LogP contribution < -0.4 is 20.3 Å². The summed E-state index contributed by atoms with van der Waals surface area (Å²) in [5, 5.41) is 3.25. The molecule has 174 valence electrons. The van der Waals surface area contributed by atoms with E-state index >= 15 is 0 Å². The number of para-hydroxylation sites is 1. The summed E-state index contributed by atoms with van der Waals surface area (Å²) in [4.78, 5) is 21.7. The molecule has 0 bridgehead atoms. The molecule has 4 rings (SSSR count). The molecule has 2 heterocycles. The van der Waals surface area contributed by atoms with Crippen LogP contribution in [0.15, 0.2) is 76.1 Å². The number of rotatable bonds is 5. The first-order chi connectivity index (χ1) is 16.2. The third-order valence-electron chi connectivity index (χ3n) is 4.61. The molecule has 0 fully saturated rings. The summed E-state index contributed by atoms with van der Waals surface area (Å²) in [5.41, 5.74) is 1.02. The van der Waals surface area contributed by atoms with E-state index in [4.69, 9.17) is 9.15 Å². The van der Waals surface area contributed by atoms with Crippen LogP contribution in [0.1, 0.15) is 16.1 Å². The van der Waals surface area contributed by atoms with E-state index in [-0.39, 0.29) is 16.8 Å². The topological polar surface area (TPSA) is 86.0 Å². The molecule has 0 radical (unpaired) electrons. The number of hydrogen-bond acceptors (Lipinski definition) is 6. The van der Waals surface area contributed by atoms with Crippen molar-refractivity contribution in [1.82, 2.24) is 4.98 Å². The van der Waals surface area contributed by atoms with E-state index < -0.39 is 18.0 Å². The van der Waals surface area contributed by atoms with Crippen molar-refractivity contribution in [2.45, 2.75) is 13.3 Å². The Balaban J connectivity index is 1.85. The number of carbonyl (C=O) groups excluding carboxylic acids is 1. The molecule has 0 atom stereocenters. The Morgan fingerprint density at radius 3 is 2.56 bits per heavy atom. The standard InChI is InChI=1S/C24H18F3N3O4/c1-14-6-3-11-20(28-14)30-22(31)18-12-15-7-4-10-19(32-2)21(15)33-23(18)29-16-8-5-9-17(13-16)34-24(25,26)27/h3-13H,1-2H3,(H,28,30,31). The zero-order valence-electron chi connectivity index (χ0n) is 18.0. The SMILES string of the molecule is COc1cccc2cc(C(=O)Nc3cccc(C)n3)c(=Nc3cccc(OC(F)(F)F)c3)oc12. The minimum absolute atomic E-state index is 0.0474. The van der Waals surface area contributed by atoms with Crippen molar-refractivity contribution >= 4 is 28.4 Å². The van der Waals surface area contributed by atoms with E-state index in [0.717, 1.165) is 12.1 Å². The molecule has 0 saturated heterocycles. The fourth-order valence-corrected chi connectivity index (χ4v) is 3.19. The highest BCUT2D eigenvalue weighted by Crippen LogP contribution is 2.27. The summed E-state index contributed by atoms with van der Waals surface area (Å²) < 4.78 is 53.0. The van der Waals surface area contributed by atoms with Gasteiger partial charge in [0.1, 0.15) is 17.1 Å². The number of anilines is 1. The zero-order valence-corrected chi connectivity index (χ0v) is 18.0. The van der Waals surface area contributed by atoms with Crippen molar-refractivity contribution in [3.05, 3.63) is 83.5 Å². The van der Waals surface area contributed by atoms with Gasteiger partial charge in [0.15, 0.2) is 11.3 Å². The Bertz CT molecular complexity index is 1430. The summed E-state index contributed by atoms with van der Waals surface area (Å²) in [6, 6.07) is 16.9. The van der Waals surface area contributed by atoms with Crippen LogP contribution in [0.3, 0.4) is 0 Å². The predicted molar refractivity (Wildman–Crippen MR) is 118 cm³/mol.